The number of aromatic nitrogens is 4. The van der Waals surface area contributed by atoms with Crippen molar-refractivity contribution < 1.29 is 9.59 Å². The first-order valence-corrected chi connectivity index (χ1v) is 11.7. The van der Waals surface area contributed by atoms with E-state index < -0.39 is 0 Å². The Morgan fingerprint density at radius 2 is 2.09 bits per heavy atom. The maximum Gasteiger partial charge on any atom is 0.317 e. The van der Waals surface area contributed by atoms with E-state index in [2.05, 4.69) is 32.3 Å². The molecule has 3 amide bonds. The number of thiazole rings is 1. The van der Waals surface area contributed by atoms with E-state index in [9.17, 15) is 9.59 Å². The Morgan fingerprint density at radius 1 is 1.30 bits per heavy atom. The number of urea groups is 1. The highest BCUT2D eigenvalue weighted by atomic mass is 32.1. The van der Waals surface area contributed by atoms with Crippen LogP contribution in [0.15, 0.2) is 42.4 Å². The van der Waals surface area contributed by atoms with E-state index >= 15 is 0 Å². The minimum atomic E-state index is -0.283. The molecule has 1 aliphatic rings. The van der Waals surface area contributed by atoms with Gasteiger partial charge < -0.3 is 15.5 Å². The molecule has 0 radical (unpaired) electrons. The van der Waals surface area contributed by atoms with Crippen LogP contribution in [0.5, 0.6) is 0 Å². The molecule has 33 heavy (non-hydrogen) atoms. The van der Waals surface area contributed by atoms with E-state index in [1.165, 1.54) is 11.3 Å². The highest BCUT2D eigenvalue weighted by Crippen LogP contribution is 2.30. The molecule has 2 N–H and O–H groups in total. The third kappa shape index (κ3) is 5.11. The van der Waals surface area contributed by atoms with E-state index in [1.54, 1.807) is 34.5 Å². The number of nitrogens with zero attached hydrogens (tertiary/aromatic N) is 5. The number of carbonyl (C=O) groups excluding carboxylic acids is 2. The number of hydrogen-bond donors (Lipinski definition) is 2. The molecule has 4 heterocycles. The van der Waals surface area contributed by atoms with Crippen molar-refractivity contribution in [2.75, 3.05) is 25.0 Å². The monoisotopic (exact) mass is 465 g/mol. The summed E-state index contributed by atoms with van der Waals surface area (Å²) in [6.07, 6.45) is 4.98. The van der Waals surface area contributed by atoms with E-state index in [1.807, 2.05) is 24.8 Å². The Hall–Kier alpha value is -3.53. The van der Waals surface area contributed by atoms with Crippen molar-refractivity contribution in [2.45, 2.75) is 32.6 Å². The van der Waals surface area contributed by atoms with Gasteiger partial charge in [0.15, 0.2) is 5.82 Å². The summed E-state index contributed by atoms with van der Waals surface area (Å²) in [4.78, 5) is 35.9. The second kappa shape index (κ2) is 9.95. The standard InChI is InChI=1S/C23H27N7O2S/c1-4-9-25-23(32)29-11-7-17(8-12-29)22-27-19(14-33-22)21(31)26-18-6-5-10-24-20(18)30-16(3)13-15(2)28-30/h4-6,10,13-14,17H,1,7-9,11-12H2,2-3H3,(H,25,32)(H,26,31). The predicted octanol–water partition coefficient (Wildman–Crippen LogP) is 3.67. The first-order valence-electron chi connectivity index (χ1n) is 10.9. The molecule has 9 nitrogen and oxygen atoms in total. The van der Waals surface area contributed by atoms with Gasteiger partial charge in [-0.25, -0.2) is 19.4 Å². The molecular formula is C23H27N7O2S. The summed E-state index contributed by atoms with van der Waals surface area (Å²) in [7, 11) is 0. The fraction of sp³-hybridized carbons (Fsp3) is 0.348. The van der Waals surface area contributed by atoms with Crippen LogP contribution in [-0.4, -0.2) is 56.2 Å². The van der Waals surface area contributed by atoms with Crippen LogP contribution >= 0.6 is 11.3 Å². The normalized spacial score (nSPS) is 14.2. The van der Waals surface area contributed by atoms with Gasteiger partial charge in [0.25, 0.3) is 5.91 Å². The molecular weight excluding hydrogens is 438 g/mol. The number of likely N-dealkylation sites (tertiary alicyclic amines) is 1. The summed E-state index contributed by atoms with van der Waals surface area (Å²) < 4.78 is 1.72. The molecule has 3 aromatic rings. The Kier molecular flexibility index (Phi) is 6.83. The second-order valence-corrected chi connectivity index (χ2v) is 8.86. The van der Waals surface area contributed by atoms with Crippen molar-refractivity contribution in [1.82, 2.24) is 30.0 Å². The summed E-state index contributed by atoms with van der Waals surface area (Å²) in [5.41, 5.74) is 2.76. The van der Waals surface area contributed by atoms with Gasteiger partial charge in [-0.05, 0) is 44.9 Å². The Morgan fingerprint density at radius 3 is 2.79 bits per heavy atom. The number of carbonyl (C=O) groups is 2. The topological polar surface area (TPSA) is 105 Å². The van der Waals surface area contributed by atoms with E-state index in [0.29, 0.717) is 36.8 Å². The van der Waals surface area contributed by atoms with Crippen LogP contribution in [0.3, 0.4) is 0 Å². The summed E-state index contributed by atoms with van der Waals surface area (Å²) in [6, 6.07) is 5.47. The van der Waals surface area contributed by atoms with Gasteiger partial charge in [0.05, 0.1) is 16.4 Å². The van der Waals surface area contributed by atoms with Gasteiger partial charge in [0, 0.05) is 42.8 Å². The second-order valence-electron chi connectivity index (χ2n) is 7.97. The first kappa shape index (κ1) is 22.7. The van der Waals surface area contributed by atoms with Crippen LogP contribution in [0.25, 0.3) is 5.82 Å². The van der Waals surface area contributed by atoms with Crippen molar-refractivity contribution >= 4 is 29.0 Å². The summed E-state index contributed by atoms with van der Waals surface area (Å²) in [5, 5.41) is 12.9. The third-order valence-electron chi connectivity index (χ3n) is 5.53. The van der Waals surface area contributed by atoms with E-state index in [-0.39, 0.29) is 17.9 Å². The van der Waals surface area contributed by atoms with Crippen molar-refractivity contribution in [1.29, 1.82) is 0 Å². The SMILES string of the molecule is C=CCNC(=O)N1CCC(c2nc(C(=O)Nc3cccnc3-n3nc(C)cc3C)cs2)CC1. The molecule has 0 aliphatic carbocycles. The van der Waals surface area contributed by atoms with E-state index in [0.717, 1.165) is 29.2 Å². The predicted molar refractivity (Wildman–Crippen MR) is 128 cm³/mol. The smallest absolute Gasteiger partial charge is 0.317 e. The third-order valence-corrected chi connectivity index (χ3v) is 6.54. The molecule has 3 aromatic heterocycles. The minimum Gasteiger partial charge on any atom is -0.335 e. The molecule has 1 fully saturated rings. The summed E-state index contributed by atoms with van der Waals surface area (Å²) >= 11 is 1.49. The zero-order valence-corrected chi connectivity index (χ0v) is 19.6. The van der Waals surface area contributed by atoms with Gasteiger partial charge in [0.2, 0.25) is 0 Å². The van der Waals surface area contributed by atoms with Gasteiger partial charge in [-0.3, -0.25) is 4.79 Å². The Labute approximate surface area is 196 Å². The summed E-state index contributed by atoms with van der Waals surface area (Å²) in [5.74, 6) is 0.521. The van der Waals surface area contributed by atoms with Gasteiger partial charge in [0.1, 0.15) is 5.69 Å². The number of anilines is 1. The lowest BCUT2D eigenvalue weighted by molar-refractivity contribution is 0.102. The lowest BCUT2D eigenvalue weighted by Crippen LogP contribution is -2.44. The molecule has 0 saturated carbocycles. The average Bonchev–Trinajstić information content (AvgIpc) is 3.44. The van der Waals surface area contributed by atoms with Crippen LogP contribution in [0.2, 0.25) is 0 Å². The quantitative estimate of drug-likeness (QED) is 0.541. The van der Waals surface area contributed by atoms with Gasteiger partial charge in [-0.1, -0.05) is 6.08 Å². The van der Waals surface area contributed by atoms with Crippen molar-refractivity contribution in [3.05, 3.63) is 64.5 Å². The molecule has 0 unspecified atom stereocenters. The number of hydrogen-bond acceptors (Lipinski definition) is 6. The van der Waals surface area contributed by atoms with E-state index in [4.69, 9.17) is 0 Å². The molecule has 1 saturated heterocycles. The number of amides is 3. The van der Waals surface area contributed by atoms with Crippen LogP contribution < -0.4 is 10.6 Å². The number of nitrogens with one attached hydrogen (secondary N) is 2. The number of pyridine rings is 1. The molecule has 1 aliphatic heterocycles. The molecule has 4 rings (SSSR count). The molecule has 10 heteroatoms. The van der Waals surface area contributed by atoms with Crippen LogP contribution in [0, 0.1) is 13.8 Å². The van der Waals surface area contributed by atoms with Crippen LogP contribution in [0.1, 0.15) is 45.6 Å². The average molecular weight is 466 g/mol. The molecule has 0 aromatic carbocycles. The maximum absolute atomic E-state index is 12.9. The Bertz CT molecular complexity index is 1160. The first-order chi connectivity index (χ1) is 16.0. The molecule has 0 spiro atoms. The lowest BCUT2D eigenvalue weighted by atomic mass is 9.98. The van der Waals surface area contributed by atoms with Gasteiger partial charge in [-0.15, -0.1) is 17.9 Å². The largest absolute Gasteiger partial charge is 0.335 e. The zero-order chi connectivity index (χ0) is 23.4. The fourth-order valence-corrected chi connectivity index (χ4v) is 4.84. The highest BCUT2D eigenvalue weighted by molar-refractivity contribution is 7.10. The number of rotatable bonds is 6. The van der Waals surface area contributed by atoms with Gasteiger partial charge in [-0.2, -0.15) is 5.10 Å². The van der Waals surface area contributed by atoms with Crippen LogP contribution in [0.4, 0.5) is 10.5 Å². The fourth-order valence-electron chi connectivity index (χ4n) is 3.87. The minimum absolute atomic E-state index is 0.0672. The number of piperidine rings is 1. The highest BCUT2D eigenvalue weighted by Gasteiger charge is 2.26. The van der Waals surface area contributed by atoms with Gasteiger partial charge >= 0.3 is 6.03 Å². The molecule has 0 atom stereocenters. The molecule has 0 bridgehead atoms. The van der Waals surface area contributed by atoms with Crippen LogP contribution in [-0.2, 0) is 0 Å². The maximum atomic E-state index is 12.9. The van der Waals surface area contributed by atoms with Crippen molar-refractivity contribution in [3.63, 3.8) is 0 Å². The van der Waals surface area contributed by atoms with Crippen molar-refractivity contribution in [3.8, 4) is 5.82 Å². The zero-order valence-electron chi connectivity index (χ0n) is 18.7. The lowest BCUT2D eigenvalue weighted by Gasteiger charge is -2.31. The Balaban J connectivity index is 1.41. The van der Waals surface area contributed by atoms with Crippen molar-refractivity contribution in [2.24, 2.45) is 0 Å². The number of aryl methyl sites for hydroxylation is 2. The summed E-state index contributed by atoms with van der Waals surface area (Å²) in [6.45, 7) is 9.27. The molecule has 172 valence electrons.